The number of carbonyl (C=O) groups excluding carboxylic acids is 2. The van der Waals surface area contributed by atoms with Gasteiger partial charge in [0.15, 0.2) is 0 Å². The van der Waals surface area contributed by atoms with Crippen molar-refractivity contribution in [2.45, 2.75) is 37.9 Å². The van der Waals surface area contributed by atoms with E-state index in [0.29, 0.717) is 0 Å². The van der Waals surface area contributed by atoms with Gasteiger partial charge in [-0.1, -0.05) is 60.7 Å². The quantitative estimate of drug-likeness (QED) is 0.512. The van der Waals surface area contributed by atoms with Gasteiger partial charge >= 0.3 is 5.97 Å². The smallest absolute Gasteiger partial charge is 0.326 e. The van der Waals surface area contributed by atoms with Crippen LogP contribution in [0.4, 0.5) is 0 Å². The lowest BCUT2D eigenvalue weighted by molar-refractivity contribution is -0.142. The van der Waals surface area contributed by atoms with Crippen LogP contribution in [0.25, 0.3) is 0 Å². The summed E-state index contributed by atoms with van der Waals surface area (Å²) in [6, 6.07) is 15.4. The highest BCUT2D eigenvalue weighted by Gasteiger charge is 2.27. The zero-order chi connectivity index (χ0) is 20.5. The molecule has 0 unspecified atom stereocenters. The Bertz CT molecular complexity index is 794. The Kier molecular flexibility index (Phi) is 7.71. The monoisotopic (exact) mass is 383 g/mol. The van der Waals surface area contributed by atoms with E-state index >= 15 is 0 Å². The molecular formula is C21H25N3O4. The topological polar surface area (TPSA) is 122 Å². The molecule has 28 heavy (non-hydrogen) atoms. The van der Waals surface area contributed by atoms with Gasteiger partial charge in [-0.25, -0.2) is 4.79 Å². The zero-order valence-corrected chi connectivity index (χ0v) is 15.7. The van der Waals surface area contributed by atoms with Crippen molar-refractivity contribution in [1.82, 2.24) is 10.6 Å². The van der Waals surface area contributed by atoms with E-state index in [9.17, 15) is 19.5 Å². The Balaban J connectivity index is 2.14. The van der Waals surface area contributed by atoms with Gasteiger partial charge in [0, 0.05) is 12.8 Å². The van der Waals surface area contributed by atoms with E-state index in [0.717, 1.165) is 11.1 Å². The second-order valence-electron chi connectivity index (χ2n) is 6.63. The lowest BCUT2D eigenvalue weighted by atomic mass is 10.0. The minimum Gasteiger partial charge on any atom is -0.480 e. The summed E-state index contributed by atoms with van der Waals surface area (Å²) < 4.78 is 0. The van der Waals surface area contributed by atoms with Crippen molar-refractivity contribution in [3.63, 3.8) is 0 Å². The summed E-state index contributed by atoms with van der Waals surface area (Å²) >= 11 is 0. The molecule has 0 fully saturated rings. The minimum absolute atomic E-state index is 0.140. The summed E-state index contributed by atoms with van der Waals surface area (Å²) in [6.45, 7) is 1.52. The molecule has 0 saturated carbocycles. The van der Waals surface area contributed by atoms with Gasteiger partial charge in [0.05, 0.1) is 6.04 Å². The van der Waals surface area contributed by atoms with E-state index in [4.69, 9.17) is 5.73 Å². The lowest BCUT2D eigenvalue weighted by Gasteiger charge is -2.22. The molecule has 0 aliphatic heterocycles. The van der Waals surface area contributed by atoms with E-state index in [-0.39, 0.29) is 12.8 Å². The number of hydrogen-bond acceptors (Lipinski definition) is 4. The molecule has 2 amide bonds. The summed E-state index contributed by atoms with van der Waals surface area (Å²) in [5.74, 6) is -2.19. The van der Waals surface area contributed by atoms with Crippen molar-refractivity contribution in [2.24, 2.45) is 5.73 Å². The van der Waals surface area contributed by atoms with Crippen LogP contribution in [0.15, 0.2) is 60.7 Å². The number of carboxylic acids is 1. The number of hydrogen-bond donors (Lipinski definition) is 4. The maximum absolute atomic E-state index is 12.8. The Morgan fingerprint density at radius 3 is 1.68 bits per heavy atom. The van der Waals surface area contributed by atoms with Crippen LogP contribution in [0, 0.1) is 0 Å². The molecule has 7 nitrogen and oxygen atoms in total. The molecule has 2 aromatic rings. The van der Waals surface area contributed by atoms with Crippen molar-refractivity contribution in [2.75, 3.05) is 0 Å². The van der Waals surface area contributed by atoms with Crippen molar-refractivity contribution < 1.29 is 19.5 Å². The van der Waals surface area contributed by atoms with Gasteiger partial charge in [-0.3, -0.25) is 9.59 Å². The molecule has 0 aliphatic carbocycles. The molecule has 0 spiro atoms. The summed E-state index contributed by atoms with van der Waals surface area (Å²) in [5.41, 5.74) is 7.21. The first kappa shape index (κ1) is 21.1. The number of nitrogens with two attached hydrogens (primary N) is 1. The molecule has 7 heteroatoms. The van der Waals surface area contributed by atoms with Crippen LogP contribution in [-0.2, 0) is 27.2 Å². The largest absolute Gasteiger partial charge is 0.480 e. The highest BCUT2D eigenvalue weighted by atomic mass is 16.4. The average Bonchev–Trinajstić information content (AvgIpc) is 2.68. The second kappa shape index (κ2) is 10.2. The lowest BCUT2D eigenvalue weighted by Crippen LogP contribution is -2.55. The molecule has 2 rings (SSSR count). The number of amides is 2. The van der Waals surface area contributed by atoms with E-state index in [2.05, 4.69) is 10.6 Å². The van der Waals surface area contributed by atoms with Crippen LogP contribution >= 0.6 is 0 Å². The average molecular weight is 383 g/mol. The van der Waals surface area contributed by atoms with Gasteiger partial charge in [0.25, 0.3) is 0 Å². The first-order valence-corrected chi connectivity index (χ1v) is 9.04. The molecule has 0 aliphatic rings. The molecule has 0 aromatic heterocycles. The van der Waals surface area contributed by atoms with Crippen LogP contribution in [0.2, 0.25) is 0 Å². The van der Waals surface area contributed by atoms with Crippen molar-refractivity contribution in [3.8, 4) is 0 Å². The predicted molar refractivity (Wildman–Crippen MR) is 105 cm³/mol. The highest BCUT2D eigenvalue weighted by molar-refractivity contribution is 5.91. The van der Waals surface area contributed by atoms with Gasteiger partial charge < -0.3 is 21.5 Å². The van der Waals surface area contributed by atoms with Crippen molar-refractivity contribution >= 4 is 17.8 Å². The van der Waals surface area contributed by atoms with Gasteiger partial charge in [0.1, 0.15) is 12.1 Å². The molecule has 0 bridgehead atoms. The van der Waals surface area contributed by atoms with E-state index in [1.807, 2.05) is 36.4 Å². The van der Waals surface area contributed by atoms with E-state index in [1.165, 1.54) is 6.92 Å². The molecule has 3 atom stereocenters. The Morgan fingerprint density at radius 1 is 0.821 bits per heavy atom. The third kappa shape index (κ3) is 6.51. The molecular weight excluding hydrogens is 358 g/mol. The third-order valence-corrected chi connectivity index (χ3v) is 4.23. The fourth-order valence-electron chi connectivity index (χ4n) is 2.68. The summed E-state index contributed by atoms with van der Waals surface area (Å²) in [5, 5.41) is 14.6. The maximum atomic E-state index is 12.8. The minimum atomic E-state index is -1.14. The molecule has 0 saturated heterocycles. The molecule has 0 radical (unpaired) electrons. The van der Waals surface area contributed by atoms with Crippen LogP contribution in [0.5, 0.6) is 0 Å². The normalized spacial score (nSPS) is 13.8. The van der Waals surface area contributed by atoms with Gasteiger partial charge in [-0.15, -0.1) is 0 Å². The highest BCUT2D eigenvalue weighted by Crippen LogP contribution is 2.07. The van der Waals surface area contributed by atoms with Gasteiger partial charge in [-0.2, -0.15) is 0 Å². The third-order valence-electron chi connectivity index (χ3n) is 4.23. The molecule has 148 valence electrons. The Labute approximate surface area is 163 Å². The molecule has 0 heterocycles. The second-order valence-corrected chi connectivity index (χ2v) is 6.63. The number of carboxylic acid groups (broad SMARTS) is 1. The number of nitrogens with one attached hydrogen (secondary N) is 2. The molecule has 2 aromatic carbocycles. The fraction of sp³-hybridized carbons (Fsp3) is 0.286. The Hall–Kier alpha value is -3.19. The maximum Gasteiger partial charge on any atom is 0.326 e. The summed E-state index contributed by atoms with van der Waals surface area (Å²) in [6.07, 6.45) is 0.365. The summed E-state index contributed by atoms with van der Waals surface area (Å²) in [7, 11) is 0. The van der Waals surface area contributed by atoms with Gasteiger partial charge in [0.2, 0.25) is 11.8 Å². The number of aliphatic carboxylic acids is 1. The first-order valence-electron chi connectivity index (χ1n) is 9.04. The molecule has 5 N–H and O–H groups in total. The SMILES string of the molecule is C[C@H](N)C(=O)N[C@@H](Cc1ccccc1)C(=O)N[C@@H](Cc1ccccc1)C(=O)O. The van der Waals surface area contributed by atoms with Gasteiger partial charge in [-0.05, 0) is 18.1 Å². The number of benzene rings is 2. The van der Waals surface area contributed by atoms with Crippen LogP contribution < -0.4 is 16.4 Å². The standard InChI is InChI=1S/C21H25N3O4/c1-14(22)19(25)23-17(12-15-8-4-2-5-9-15)20(26)24-18(21(27)28)13-16-10-6-3-7-11-16/h2-11,14,17-18H,12-13,22H2,1H3,(H,23,25)(H,24,26)(H,27,28)/t14-,17-,18-/m0/s1. The number of carbonyl (C=O) groups is 3. The van der Waals surface area contributed by atoms with E-state index in [1.54, 1.807) is 24.3 Å². The number of rotatable bonds is 9. The summed E-state index contributed by atoms with van der Waals surface area (Å²) in [4.78, 5) is 36.4. The van der Waals surface area contributed by atoms with Crippen LogP contribution in [-0.4, -0.2) is 41.0 Å². The predicted octanol–water partition coefficient (Wildman–Crippen LogP) is 0.873. The first-order chi connectivity index (χ1) is 13.4. The Morgan fingerprint density at radius 2 is 1.25 bits per heavy atom. The van der Waals surface area contributed by atoms with Crippen LogP contribution in [0.3, 0.4) is 0 Å². The van der Waals surface area contributed by atoms with Crippen LogP contribution in [0.1, 0.15) is 18.1 Å². The fourth-order valence-corrected chi connectivity index (χ4v) is 2.68. The zero-order valence-electron chi connectivity index (χ0n) is 15.7. The van der Waals surface area contributed by atoms with E-state index < -0.39 is 35.9 Å². The van der Waals surface area contributed by atoms with Crippen molar-refractivity contribution in [1.29, 1.82) is 0 Å². The van der Waals surface area contributed by atoms with Crippen molar-refractivity contribution in [3.05, 3.63) is 71.8 Å².